The molecule has 2 aromatic heterocycles. The van der Waals surface area contributed by atoms with Gasteiger partial charge in [-0.1, -0.05) is 81.4 Å². The molecule has 1 amide bonds. The highest BCUT2D eigenvalue weighted by atomic mass is 32.2. The van der Waals surface area contributed by atoms with Crippen molar-refractivity contribution in [2.45, 2.75) is 71.0 Å². The summed E-state index contributed by atoms with van der Waals surface area (Å²) in [6.45, 7) is 8.05. The molecule has 6 aromatic rings. The molecule has 4 aromatic carbocycles. The first-order valence-corrected chi connectivity index (χ1v) is 26.4. The molecule has 4 unspecified atom stereocenters. The van der Waals surface area contributed by atoms with Gasteiger partial charge in [0.15, 0.2) is 0 Å². The SMILES string of the molecule is CC(C)COc1cc(F)cc(-c2ccc(C(=O)O)c(N3CC(CC(C)COc4cc(F)cc(-c5ccc(C(=O)NS(=O)(=O)N6CC[C@@H](N)C6)c(N6CCCC6c6ccccc6)n5)c4)CC3c3ccccc3)n2)c1. The van der Waals surface area contributed by atoms with Crippen molar-refractivity contribution in [3.63, 3.8) is 0 Å². The topological polar surface area (TPSA) is 181 Å². The average molecular weight is 1010 g/mol. The Labute approximate surface area is 425 Å². The Hall–Kier alpha value is -6.95. The highest BCUT2D eigenvalue weighted by Crippen LogP contribution is 2.43. The Morgan fingerprint density at radius 1 is 0.726 bits per heavy atom. The molecular formula is C56H61F2N7O7S. The lowest BCUT2D eigenvalue weighted by atomic mass is 9.92. The lowest BCUT2D eigenvalue weighted by Crippen LogP contribution is -2.43. The third-order valence-corrected chi connectivity index (χ3v) is 15.2. The summed E-state index contributed by atoms with van der Waals surface area (Å²) in [7, 11) is -4.19. The third kappa shape index (κ3) is 12.0. The number of carbonyl (C=O) groups is 2. The molecule has 3 aliphatic rings. The van der Waals surface area contributed by atoms with Crippen LogP contribution in [-0.2, 0) is 10.2 Å². The van der Waals surface area contributed by atoms with Gasteiger partial charge >= 0.3 is 16.2 Å². The van der Waals surface area contributed by atoms with Crippen LogP contribution in [0.5, 0.6) is 11.5 Å². The first kappa shape index (κ1) is 51.0. The van der Waals surface area contributed by atoms with Gasteiger partial charge in [0.2, 0.25) is 0 Å². The fourth-order valence-electron chi connectivity index (χ4n) is 10.3. The summed E-state index contributed by atoms with van der Waals surface area (Å²) in [5, 5.41) is 10.4. The van der Waals surface area contributed by atoms with Gasteiger partial charge in [0, 0.05) is 55.5 Å². The van der Waals surface area contributed by atoms with Crippen molar-refractivity contribution < 1.29 is 41.4 Å². The van der Waals surface area contributed by atoms with Crippen LogP contribution in [0, 0.1) is 29.4 Å². The molecular weight excluding hydrogens is 953 g/mol. The summed E-state index contributed by atoms with van der Waals surface area (Å²) in [5.41, 5.74) is 9.76. The summed E-state index contributed by atoms with van der Waals surface area (Å²) >= 11 is 0. The Kier molecular flexibility index (Phi) is 15.4. The predicted octanol–water partition coefficient (Wildman–Crippen LogP) is 9.84. The average Bonchev–Trinajstić information content (AvgIpc) is 4.16. The zero-order valence-corrected chi connectivity index (χ0v) is 42.0. The standard InChI is InChI=1S/C56H61F2N7O7S/c1-35(2)33-71-45-27-40(25-42(57)29-45)50-19-17-48(56(67)68)54(61-50)65-31-37(24-52(65)39-13-8-5-9-14-39)23-36(3)34-72-46-28-41(26-43(58)30-46)49-18-16-47(55(66)62-73(69,70)63-22-20-44(59)32-63)53(60-49)64-21-10-15-51(64)38-11-6-4-7-12-38/h4-9,11-14,16-19,25-30,35-37,44,51-52H,10,15,20-24,31-34,59H2,1-3H3,(H,62,66)(H,67,68)/t36?,37?,44-,51?,52?/m1/s1. The molecule has 5 heterocycles. The highest BCUT2D eigenvalue weighted by Gasteiger charge is 2.38. The number of ether oxygens (including phenoxy) is 2. The van der Waals surface area contributed by atoms with Gasteiger partial charge in [0.05, 0.1) is 42.2 Å². The minimum atomic E-state index is -4.19. The molecule has 4 N–H and O–H groups in total. The number of amides is 1. The maximum Gasteiger partial charge on any atom is 0.339 e. The number of hydrogen-bond donors (Lipinski definition) is 3. The zero-order valence-electron chi connectivity index (χ0n) is 41.2. The van der Waals surface area contributed by atoms with Crippen molar-refractivity contribution in [2.75, 3.05) is 49.2 Å². The maximum absolute atomic E-state index is 15.6. The fourth-order valence-corrected chi connectivity index (χ4v) is 11.5. The Morgan fingerprint density at radius 2 is 1.30 bits per heavy atom. The number of carboxylic acid groups (broad SMARTS) is 1. The molecule has 14 nitrogen and oxygen atoms in total. The number of carbonyl (C=O) groups excluding carboxylic acids is 1. The minimum absolute atomic E-state index is 0.0249. The fraction of sp³-hybridized carbons (Fsp3) is 0.357. The van der Waals surface area contributed by atoms with Gasteiger partial charge in [-0.3, -0.25) is 4.79 Å². The molecule has 73 heavy (non-hydrogen) atoms. The van der Waals surface area contributed by atoms with Gasteiger partial charge in [-0.15, -0.1) is 0 Å². The van der Waals surface area contributed by atoms with E-state index in [-0.39, 0.29) is 84.1 Å². The van der Waals surface area contributed by atoms with E-state index >= 15 is 4.39 Å². The molecule has 3 saturated heterocycles. The number of aromatic nitrogens is 2. The van der Waals surface area contributed by atoms with Crippen molar-refractivity contribution in [1.82, 2.24) is 19.0 Å². The van der Waals surface area contributed by atoms with Crippen molar-refractivity contribution in [2.24, 2.45) is 23.5 Å². The molecule has 9 rings (SSSR count). The van der Waals surface area contributed by atoms with Gasteiger partial charge < -0.3 is 30.1 Å². The normalized spacial score (nSPS) is 19.6. The largest absolute Gasteiger partial charge is 0.493 e. The molecule has 0 radical (unpaired) electrons. The predicted molar refractivity (Wildman–Crippen MR) is 277 cm³/mol. The second-order valence-electron chi connectivity index (χ2n) is 19.9. The number of hydrogen-bond acceptors (Lipinski definition) is 11. The van der Waals surface area contributed by atoms with Crippen LogP contribution < -0.4 is 29.7 Å². The molecule has 0 bridgehead atoms. The molecule has 3 aliphatic heterocycles. The lowest BCUT2D eigenvalue weighted by Gasteiger charge is -2.28. The molecule has 3 fully saturated rings. The van der Waals surface area contributed by atoms with E-state index in [9.17, 15) is 27.5 Å². The number of nitrogens with two attached hydrogens (primary N) is 1. The van der Waals surface area contributed by atoms with E-state index in [4.69, 9.17) is 25.2 Å². The lowest BCUT2D eigenvalue weighted by molar-refractivity contribution is 0.0696. The molecule has 17 heteroatoms. The number of pyridine rings is 2. The van der Waals surface area contributed by atoms with Crippen LogP contribution in [0.1, 0.15) is 96.8 Å². The van der Waals surface area contributed by atoms with Crippen molar-refractivity contribution in [3.05, 3.63) is 155 Å². The third-order valence-electron chi connectivity index (χ3n) is 13.7. The van der Waals surface area contributed by atoms with Crippen LogP contribution in [0.3, 0.4) is 0 Å². The van der Waals surface area contributed by atoms with Crippen LogP contribution in [0.15, 0.2) is 121 Å². The number of aromatic carboxylic acids is 1. The van der Waals surface area contributed by atoms with Gasteiger partial charge in [-0.25, -0.2) is 28.3 Å². The van der Waals surface area contributed by atoms with E-state index in [1.165, 1.54) is 40.7 Å². The monoisotopic (exact) mass is 1010 g/mol. The number of carboxylic acids is 1. The highest BCUT2D eigenvalue weighted by molar-refractivity contribution is 7.87. The van der Waals surface area contributed by atoms with Crippen LogP contribution in [0.2, 0.25) is 0 Å². The van der Waals surface area contributed by atoms with E-state index < -0.39 is 33.7 Å². The maximum atomic E-state index is 15.6. The molecule has 0 aliphatic carbocycles. The quantitative estimate of drug-likeness (QED) is 0.0743. The van der Waals surface area contributed by atoms with Crippen molar-refractivity contribution in [3.8, 4) is 34.0 Å². The summed E-state index contributed by atoms with van der Waals surface area (Å²) < 4.78 is 72.9. The van der Waals surface area contributed by atoms with Gasteiger partial charge in [0.25, 0.3) is 5.91 Å². The van der Waals surface area contributed by atoms with Gasteiger partial charge in [-0.05, 0) is 110 Å². The number of benzene rings is 4. The van der Waals surface area contributed by atoms with E-state index in [1.807, 2.05) is 84.3 Å². The second kappa shape index (κ2) is 22.0. The Bertz CT molecular complexity index is 3060. The van der Waals surface area contributed by atoms with Crippen molar-refractivity contribution in [1.29, 1.82) is 0 Å². The van der Waals surface area contributed by atoms with E-state index in [1.54, 1.807) is 24.3 Å². The Morgan fingerprint density at radius 3 is 1.88 bits per heavy atom. The van der Waals surface area contributed by atoms with Crippen molar-refractivity contribution >= 4 is 33.7 Å². The second-order valence-corrected chi connectivity index (χ2v) is 21.6. The van der Waals surface area contributed by atoms with Crippen LogP contribution >= 0.6 is 0 Å². The summed E-state index contributed by atoms with van der Waals surface area (Å²) in [6, 6.07) is 34.0. The van der Waals surface area contributed by atoms with Crippen LogP contribution in [0.4, 0.5) is 20.4 Å². The molecule has 382 valence electrons. The smallest absolute Gasteiger partial charge is 0.339 e. The van der Waals surface area contributed by atoms with Crippen LogP contribution in [0.25, 0.3) is 22.5 Å². The number of rotatable bonds is 18. The first-order valence-electron chi connectivity index (χ1n) is 24.9. The van der Waals surface area contributed by atoms with E-state index in [0.29, 0.717) is 67.2 Å². The Balaban J connectivity index is 0.945. The first-order chi connectivity index (χ1) is 35.1. The minimum Gasteiger partial charge on any atom is -0.493 e. The number of nitrogens with one attached hydrogen (secondary N) is 1. The molecule has 0 saturated carbocycles. The zero-order chi connectivity index (χ0) is 51.4. The summed E-state index contributed by atoms with van der Waals surface area (Å²) in [6.07, 6.45) is 3.45. The molecule has 0 spiro atoms. The summed E-state index contributed by atoms with van der Waals surface area (Å²) in [5.74, 6) is -1.52. The van der Waals surface area contributed by atoms with Gasteiger partial charge in [-0.2, -0.15) is 12.7 Å². The van der Waals surface area contributed by atoms with E-state index in [2.05, 4.69) is 11.6 Å². The number of anilines is 2. The number of nitrogens with zero attached hydrogens (tertiary/aromatic N) is 5. The van der Waals surface area contributed by atoms with Gasteiger partial charge in [0.1, 0.15) is 40.3 Å². The molecule has 5 atom stereocenters. The number of halogens is 2. The van der Waals surface area contributed by atoms with E-state index in [0.717, 1.165) is 24.0 Å². The van der Waals surface area contributed by atoms with Crippen LogP contribution in [-0.4, -0.2) is 85.1 Å². The summed E-state index contributed by atoms with van der Waals surface area (Å²) in [4.78, 5) is 40.7.